The van der Waals surface area contributed by atoms with Gasteiger partial charge in [0.2, 0.25) is 9.84 Å². The van der Waals surface area contributed by atoms with Crippen LogP contribution < -0.4 is 4.74 Å². The van der Waals surface area contributed by atoms with Crippen LogP contribution in [0.2, 0.25) is 0 Å². The van der Waals surface area contributed by atoms with Crippen LogP contribution in [0.1, 0.15) is 5.56 Å². The largest absolute Gasteiger partial charge is 0.495 e. The first-order valence-corrected chi connectivity index (χ1v) is 6.99. The van der Waals surface area contributed by atoms with Gasteiger partial charge in [0.1, 0.15) is 10.6 Å². The third-order valence-corrected chi connectivity index (χ3v) is 4.45. The molecule has 0 atom stereocenters. The highest BCUT2D eigenvalue weighted by atomic mass is 32.2. The van der Waals surface area contributed by atoms with Gasteiger partial charge in [0.05, 0.1) is 12.0 Å². The van der Waals surface area contributed by atoms with E-state index in [1.807, 2.05) is 13.0 Å². The van der Waals surface area contributed by atoms with Gasteiger partial charge in [-0.3, -0.25) is 0 Å². The zero-order chi connectivity index (χ0) is 13.2. The van der Waals surface area contributed by atoms with Crippen molar-refractivity contribution in [2.45, 2.75) is 16.7 Å². The number of methoxy groups -OCH3 is 1. The smallest absolute Gasteiger partial charge is 0.210 e. The molecule has 0 aliphatic carbocycles. The number of sulfone groups is 1. The van der Waals surface area contributed by atoms with Gasteiger partial charge >= 0.3 is 0 Å². The number of ether oxygens (including phenoxy) is 1. The molecule has 0 fully saturated rings. The van der Waals surface area contributed by atoms with Gasteiger partial charge in [-0.25, -0.2) is 8.42 Å². The van der Waals surface area contributed by atoms with E-state index >= 15 is 0 Å². The Hall–Kier alpha value is -1.81. The third kappa shape index (κ3) is 2.24. The molecule has 0 bridgehead atoms. The van der Waals surface area contributed by atoms with Gasteiger partial charge in [-0.1, -0.05) is 24.3 Å². The van der Waals surface area contributed by atoms with Gasteiger partial charge in [0, 0.05) is 0 Å². The zero-order valence-electron chi connectivity index (χ0n) is 10.3. The average Bonchev–Trinajstić information content (AvgIpc) is 2.38. The fraction of sp³-hybridized carbons (Fsp3) is 0.143. The van der Waals surface area contributed by atoms with Crippen LogP contribution in [0.15, 0.2) is 58.3 Å². The molecule has 0 amide bonds. The minimum absolute atomic E-state index is 0.193. The lowest BCUT2D eigenvalue weighted by Gasteiger charge is -2.09. The van der Waals surface area contributed by atoms with Crippen LogP contribution in [0.25, 0.3) is 0 Å². The van der Waals surface area contributed by atoms with Crippen LogP contribution in [0.4, 0.5) is 0 Å². The van der Waals surface area contributed by atoms with Gasteiger partial charge in [0.15, 0.2) is 0 Å². The molecule has 94 valence electrons. The molecule has 0 aliphatic heterocycles. The lowest BCUT2D eigenvalue weighted by molar-refractivity contribution is 0.402. The molecule has 2 aromatic rings. The molecule has 2 rings (SSSR count). The van der Waals surface area contributed by atoms with E-state index in [0.717, 1.165) is 5.56 Å². The van der Waals surface area contributed by atoms with Crippen LogP contribution in [0, 0.1) is 6.92 Å². The highest BCUT2D eigenvalue weighted by Gasteiger charge is 2.21. The molecule has 0 saturated heterocycles. The standard InChI is InChI=1S/C14H14O3S/c1-11-6-5-7-12(10-11)18(15,16)14-9-4-3-8-13(14)17-2/h3-10H,1-2H3. The van der Waals surface area contributed by atoms with Crippen LogP contribution in [0.5, 0.6) is 5.75 Å². The van der Waals surface area contributed by atoms with Gasteiger partial charge in [-0.2, -0.15) is 0 Å². The maximum atomic E-state index is 12.5. The summed E-state index contributed by atoms with van der Waals surface area (Å²) in [5.41, 5.74) is 0.908. The molecule has 0 N–H and O–H groups in total. The van der Waals surface area contributed by atoms with Crippen LogP contribution in [0.3, 0.4) is 0 Å². The molecule has 18 heavy (non-hydrogen) atoms. The summed E-state index contributed by atoms with van der Waals surface area (Å²) in [6.45, 7) is 1.86. The van der Waals surface area contributed by atoms with Crippen molar-refractivity contribution in [1.29, 1.82) is 0 Å². The molecule has 0 unspecified atom stereocenters. The summed E-state index contributed by atoms with van der Waals surface area (Å²) in [7, 11) is -2.07. The van der Waals surface area contributed by atoms with Gasteiger partial charge in [-0.15, -0.1) is 0 Å². The van der Waals surface area contributed by atoms with Gasteiger partial charge in [0.25, 0.3) is 0 Å². The normalized spacial score (nSPS) is 11.2. The summed E-state index contributed by atoms with van der Waals surface area (Å²) in [6.07, 6.45) is 0. The van der Waals surface area contributed by atoms with E-state index in [-0.39, 0.29) is 9.79 Å². The zero-order valence-corrected chi connectivity index (χ0v) is 11.1. The highest BCUT2D eigenvalue weighted by molar-refractivity contribution is 7.91. The van der Waals surface area contributed by atoms with Crippen LogP contribution in [-0.4, -0.2) is 15.5 Å². The van der Waals surface area contributed by atoms with E-state index in [2.05, 4.69) is 0 Å². The molecular formula is C14H14O3S. The quantitative estimate of drug-likeness (QED) is 0.854. The minimum Gasteiger partial charge on any atom is -0.495 e. The second kappa shape index (κ2) is 4.82. The van der Waals surface area contributed by atoms with Crippen molar-refractivity contribution in [3.8, 4) is 5.75 Å². The monoisotopic (exact) mass is 262 g/mol. The Morgan fingerprint density at radius 1 is 1.00 bits per heavy atom. The van der Waals surface area contributed by atoms with Crippen molar-refractivity contribution in [1.82, 2.24) is 0 Å². The lowest BCUT2D eigenvalue weighted by atomic mass is 10.2. The van der Waals surface area contributed by atoms with Crippen molar-refractivity contribution in [2.24, 2.45) is 0 Å². The first kappa shape index (κ1) is 12.6. The summed E-state index contributed by atoms with van der Waals surface area (Å²) in [5.74, 6) is 0.360. The molecule has 0 spiro atoms. The number of benzene rings is 2. The Labute approximate surface area is 107 Å². The fourth-order valence-corrected chi connectivity index (χ4v) is 3.28. The van der Waals surface area contributed by atoms with E-state index in [1.54, 1.807) is 42.5 Å². The molecule has 0 radical (unpaired) electrons. The molecule has 0 saturated carbocycles. The van der Waals surface area contributed by atoms with Gasteiger partial charge in [-0.05, 0) is 36.8 Å². The Morgan fingerprint density at radius 2 is 1.72 bits per heavy atom. The van der Waals surface area contributed by atoms with Crippen molar-refractivity contribution >= 4 is 9.84 Å². The predicted octanol–water partition coefficient (Wildman–Crippen LogP) is 2.84. The third-order valence-electron chi connectivity index (χ3n) is 2.66. The Balaban J connectivity index is 2.62. The lowest BCUT2D eigenvalue weighted by Crippen LogP contribution is -2.04. The topological polar surface area (TPSA) is 43.4 Å². The van der Waals surface area contributed by atoms with E-state index in [1.165, 1.54) is 7.11 Å². The SMILES string of the molecule is COc1ccccc1S(=O)(=O)c1cccc(C)c1. The fourth-order valence-electron chi connectivity index (χ4n) is 1.75. The number of para-hydroxylation sites is 1. The number of aryl methyl sites for hydroxylation is 1. The number of hydrogen-bond acceptors (Lipinski definition) is 3. The van der Waals surface area contributed by atoms with Crippen molar-refractivity contribution < 1.29 is 13.2 Å². The maximum Gasteiger partial charge on any atom is 0.210 e. The Bertz CT molecular complexity index is 660. The first-order chi connectivity index (χ1) is 8.55. The maximum absolute atomic E-state index is 12.5. The predicted molar refractivity (Wildman–Crippen MR) is 69.6 cm³/mol. The van der Waals surface area contributed by atoms with Crippen molar-refractivity contribution in [3.05, 3.63) is 54.1 Å². The molecule has 0 aliphatic rings. The molecule has 0 aromatic heterocycles. The highest BCUT2D eigenvalue weighted by Crippen LogP contribution is 2.29. The van der Waals surface area contributed by atoms with Gasteiger partial charge < -0.3 is 4.74 Å². The van der Waals surface area contributed by atoms with E-state index in [0.29, 0.717) is 5.75 Å². The summed E-state index contributed by atoms with van der Waals surface area (Å²) < 4.78 is 30.1. The Morgan fingerprint density at radius 3 is 2.39 bits per heavy atom. The summed E-state index contributed by atoms with van der Waals surface area (Å²) >= 11 is 0. The molecule has 2 aromatic carbocycles. The molecule has 3 nitrogen and oxygen atoms in total. The molecule has 4 heteroatoms. The summed E-state index contributed by atoms with van der Waals surface area (Å²) in [6, 6.07) is 13.5. The summed E-state index contributed by atoms with van der Waals surface area (Å²) in [4.78, 5) is 0.477. The first-order valence-electron chi connectivity index (χ1n) is 5.50. The van der Waals surface area contributed by atoms with E-state index in [4.69, 9.17) is 4.74 Å². The number of hydrogen-bond donors (Lipinski definition) is 0. The summed E-state index contributed by atoms with van der Waals surface area (Å²) in [5, 5.41) is 0. The molecular weight excluding hydrogens is 248 g/mol. The van der Waals surface area contributed by atoms with E-state index < -0.39 is 9.84 Å². The van der Waals surface area contributed by atoms with Crippen molar-refractivity contribution in [3.63, 3.8) is 0 Å². The average molecular weight is 262 g/mol. The second-order valence-electron chi connectivity index (χ2n) is 3.97. The van der Waals surface area contributed by atoms with Crippen LogP contribution in [-0.2, 0) is 9.84 Å². The minimum atomic E-state index is -3.53. The number of rotatable bonds is 3. The Kier molecular flexibility index (Phi) is 3.39. The second-order valence-corrected chi connectivity index (χ2v) is 5.89. The van der Waals surface area contributed by atoms with E-state index in [9.17, 15) is 8.42 Å². The molecule has 0 heterocycles. The van der Waals surface area contributed by atoms with Crippen LogP contribution >= 0.6 is 0 Å². The van der Waals surface area contributed by atoms with Crippen molar-refractivity contribution in [2.75, 3.05) is 7.11 Å².